The summed E-state index contributed by atoms with van der Waals surface area (Å²) in [4.78, 5) is 8.43. The summed E-state index contributed by atoms with van der Waals surface area (Å²) in [6.07, 6.45) is 2.85. The average molecular weight is 204 g/mol. The van der Waals surface area contributed by atoms with E-state index >= 15 is 0 Å². The van der Waals surface area contributed by atoms with E-state index in [0.29, 0.717) is 18.8 Å². The topological polar surface area (TPSA) is 58.9 Å². The van der Waals surface area contributed by atoms with Gasteiger partial charge in [-0.25, -0.2) is 20.3 Å². The van der Waals surface area contributed by atoms with Gasteiger partial charge < -0.3 is 0 Å². The van der Waals surface area contributed by atoms with Crippen LogP contribution in [0, 0.1) is 11.3 Å². The molecule has 0 aromatic rings. The van der Waals surface area contributed by atoms with Crippen LogP contribution in [0.3, 0.4) is 0 Å². The maximum absolute atomic E-state index is 8.65. The zero-order chi connectivity index (χ0) is 10.8. The summed E-state index contributed by atoms with van der Waals surface area (Å²) in [5.74, 6) is -0.595. The SMILES string of the molecule is CC(C)(C)C1CCC(OO)(OO)CC1. The Morgan fingerprint density at radius 2 is 1.50 bits per heavy atom. The number of hydrogen-bond acceptors (Lipinski definition) is 4. The van der Waals surface area contributed by atoms with Gasteiger partial charge in [-0.2, -0.15) is 0 Å². The Morgan fingerprint density at radius 1 is 1.07 bits per heavy atom. The fourth-order valence-electron chi connectivity index (χ4n) is 2.12. The zero-order valence-corrected chi connectivity index (χ0v) is 9.12. The Labute approximate surface area is 84.7 Å². The zero-order valence-electron chi connectivity index (χ0n) is 9.12. The second-order valence-electron chi connectivity index (χ2n) is 5.23. The molecule has 0 unspecified atom stereocenters. The van der Waals surface area contributed by atoms with Crippen LogP contribution in [0.1, 0.15) is 46.5 Å². The third kappa shape index (κ3) is 2.45. The highest BCUT2D eigenvalue weighted by atomic mass is 17.2. The van der Waals surface area contributed by atoms with E-state index in [1.165, 1.54) is 0 Å². The van der Waals surface area contributed by atoms with Crippen LogP contribution in [0.2, 0.25) is 0 Å². The Hall–Kier alpha value is -0.160. The molecule has 0 bridgehead atoms. The Kier molecular flexibility index (Phi) is 3.53. The third-order valence-electron chi connectivity index (χ3n) is 3.30. The van der Waals surface area contributed by atoms with Gasteiger partial charge in [0.25, 0.3) is 0 Å². The molecule has 4 heteroatoms. The summed E-state index contributed by atoms with van der Waals surface area (Å²) in [6, 6.07) is 0. The summed E-state index contributed by atoms with van der Waals surface area (Å²) in [5, 5.41) is 17.3. The van der Waals surface area contributed by atoms with Gasteiger partial charge in [-0.15, -0.1) is 0 Å². The molecule has 84 valence electrons. The Balaban J connectivity index is 2.53. The molecule has 1 aliphatic carbocycles. The van der Waals surface area contributed by atoms with Gasteiger partial charge in [0.2, 0.25) is 5.79 Å². The van der Waals surface area contributed by atoms with Crippen LogP contribution in [-0.2, 0) is 9.78 Å². The summed E-state index contributed by atoms with van der Waals surface area (Å²) >= 11 is 0. The average Bonchev–Trinajstić information content (AvgIpc) is 2.16. The molecule has 0 heterocycles. The van der Waals surface area contributed by atoms with Crippen molar-refractivity contribution in [2.75, 3.05) is 0 Å². The molecule has 14 heavy (non-hydrogen) atoms. The predicted octanol–water partition coefficient (Wildman–Crippen LogP) is 2.90. The first-order valence-electron chi connectivity index (χ1n) is 5.09. The van der Waals surface area contributed by atoms with Crippen molar-refractivity contribution in [2.45, 2.75) is 52.2 Å². The summed E-state index contributed by atoms with van der Waals surface area (Å²) in [6.45, 7) is 6.60. The fourth-order valence-corrected chi connectivity index (χ4v) is 2.12. The van der Waals surface area contributed by atoms with E-state index in [1.54, 1.807) is 0 Å². The fraction of sp³-hybridized carbons (Fsp3) is 1.00. The van der Waals surface area contributed by atoms with Crippen LogP contribution in [0.15, 0.2) is 0 Å². The van der Waals surface area contributed by atoms with E-state index < -0.39 is 5.79 Å². The van der Waals surface area contributed by atoms with Crippen molar-refractivity contribution in [3.63, 3.8) is 0 Å². The minimum atomic E-state index is -1.18. The molecule has 1 aliphatic rings. The van der Waals surface area contributed by atoms with Crippen molar-refractivity contribution >= 4 is 0 Å². The lowest BCUT2D eigenvalue weighted by Crippen LogP contribution is -2.40. The van der Waals surface area contributed by atoms with Crippen LogP contribution in [0.5, 0.6) is 0 Å². The lowest BCUT2D eigenvalue weighted by molar-refractivity contribution is -0.494. The smallest absolute Gasteiger partial charge is 0.233 e. The molecule has 0 amide bonds. The minimum Gasteiger partial charge on any atom is -0.249 e. The standard InChI is InChI=1S/C10H20O4/c1-9(2,3)8-4-6-10(13-11,14-12)7-5-8/h8,11-12H,4-7H2,1-3H3. The molecular formula is C10H20O4. The van der Waals surface area contributed by atoms with Crippen LogP contribution >= 0.6 is 0 Å². The van der Waals surface area contributed by atoms with Gasteiger partial charge in [-0.05, 0) is 24.2 Å². The molecule has 4 nitrogen and oxygen atoms in total. The second-order valence-corrected chi connectivity index (χ2v) is 5.23. The third-order valence-corrected chi connectivity index (χ3v) is 3.30. The first kappa shape index (κ1) is 11.9. The first-order valence-corrected chi connectivity index (χ1v) is 5.09. The van der Waals surface area contributed by atoms with Crippen LogP contribution < -0.4 is 0 Å². The molecule has 0 aromatic heterocycles. The summed E-state index contributed by atoms with van der Waals surface area (Å²) in [7, 11) is 0. The van der Waals surface area contributed by atoms with E-state index in [-0.39, 0.29) is 5.41 Å². The molecule has 0 atom stereocenters. The van der Waals surface area contributed by atoms with Gasteiger partial charge in [0.05, 0.1) is 0 Å². The second kappa shape index (κ2) is 4.14. The van der Waals surface area contributed by atoms with Crippen molar-refractivity contribution in [1.29, 1.82) is 0 Å². The van der Waals surface area contributed by atoms with Crippen molar-refractivity contribution in [3.05, 3.63) is 0 Å². The minimum absolute atomic E-state index is 0.261. The van der Waals surface area contributed by atoms with Gasteiger partial charge in [0.1, 0.15) is 0 Å². The highest BCUT2D eigenvalue weighted by Gasteiger charge is 2.41. The van der Waals surface area contributed by atoms with Crippen molar-refractivity contribution in [3.8, 4) is 0 Å². The van der Waals surface area contributed by atoms with Gasteiger partial charge in [-0.3, -0.25) is 0 Å². The lowest BCUT2D eigenvalue weighted by Gasteiger charge is -2.40. The monoisotopic (exact) mass is 204 g/mol. The quantitative estimate of drug-likeness (QED) is 0.412. The van der Waals surface area contributed by atoms with E-state index in [2.05, 4.69) is 30.5 Å². The van der Waals surface area contributed by atoms with E-state index in [4.69, 9.17) is 10.5 Å². The predicted molar refractivity (Wildman–Crippen MR) is 51.6 cm³/mol. The highest BCUT2D eigenvalue weighted by molar-refractivity contribution is 4.84. The van der Waals surface area contributed by atoms with Crippen molar-refractivity contribution < 1.29 is 20.3 Å². The summed E-state index contributed by atoms with van der Waals surface area (Å²) in [5.41, 5.74) is 0.261. The molecule has 0 aliphatic heterocycles. The largest absolute Gasteiger partial charge is 0.249 e. The van der Waals surface area contributed by atoms with Crippen molar-refractivity contribution in [2.24, 2.45) is 11.3 Å². The van der Waals surface area contributed by atoms with Gasteiger partial charge in [0, 0.05) is 12.8 Å². The van der Waals surface area contributed by atoms with Gasteiger partial charge >= 0.3 is 0 Å². The Bertz CT molecular complexity index is 171. The molecule has 0 spiro atoms. The normalized spacial score (nSPS) is 23.8. The molecule has 0 aromatic carbocycles. The summed E-state index contributed by atoms with van der Waals surface area (Å²) < 4.78 is 0. The van der Waals surface area contributed by atoms with Crippen LogP contribution in [-0.4, -0.2) is 16.3 Å². The number of hydrogen-bond donors (Lipinski definition) is 2. The van der Waals surface area contributed by atoms with Crippen LogP contribution in [0.25, 0.3) is 0 Å². The molecule has 0 radical (unpaired) electrons. The molecule has 2 N–H and O–H groups in total. The van der Waals surface area contributed by atoms with Gasteiger partial charge in [0.15, 0.2) is 0 Å². The maximum atomic E-state index is 8.65. The van der Waals surface area contributed by atoms with E-state index in [1.807, 2.05) is 0 Å². The molecule has 0 saturated heterocycles. The maximum Gasteiger partial charge on any atom is 0.233 e. The molecule has 1 saturated carbocycles. The van der Waals surface area contributed by atoms with Gasteiger partial charge in [-0.1, -0.05) is 20.8 Å². The molecule has 1 rings (SSSR count). The van der Waals surface area contributed by atoms with E-state index in [0.717, 1.165) is 12.8 Å². The number of rotatable bonds is 2. The molecule has 1 fully saturated rings. The van der Waals surface area contributed by atoms with Crippen LogP contribution in [0.4, 0.5) is 0 Å². The van der Waals surface area contributed by atoms with E-state index in [9.17, 15) is 0 Å². The Morgan fingerprint density at radius 3 is 1.79 bits per heavy atom. The van der Waals surface area contributed by atoms with Crippen molar-refractivity contribution in [1.82, 2.24) is 0 Å². The first-order chi connectivity index (χ1) is 6.43. The lowest BCUT2D eigenvalue weighted by atomic mass is 9.71. The highest BCUT2D eigenvalue weighted by Crippen LogP contribution is 2.42. The molecular weight excluding hydrogens is 184 g/mol.